The van der Waals surface area contributed by atoms with Crippen LogP contribution in [0, 0.1) is 28.9 Å². The molecule has 3 heterocycles. The number of carbonyl (C=O) groups is 2. The van der Waals surface area contributed by atoms with Gasteiger partial charge in [-0.1, -0.05) is 46.7 Å². The van der Waals surface area contributed by atoms with Crippen LogP contribution in [0.3, 0.4) is 0 Å². The fourth-order valence-corrected chi connectivity index (χ4v) is 6.18. The molecule has 2 aliphatic rings. The SMILES string of the molecule is CCOC(=O)c1sc(N2C[C@@H]3[C@H](C2)[C@H]3NC(=O)c2[nH]c(C)c(Cl)c2Cl)nc1Cc1cccc([N+](=O)[O-])c1. The molecule has 5 rings (SSSR count). The maximum Gasteiger partial charge on any atom is 0.350 e. The van der Waals surface area contributed by atoms with Gasteiger partial charge in [-0.2, -0.15) is 0 Å². The van der Waals surface area contributed by atoms with Gasteiger partial charge in [0, 0.05) is 55.2 Å². The van der Waals surface area contributed by atoms with Crippen molar-refractivity contribution in [3.8, 4) is 0 Å². The fraction of sp³-hybridized carbons (Fsp3) is 0.375. The summed E-state index contributed by atoms with van der Waals surface area (Å²) in [5, 5.41) is 15.4. The number of rotatable bonds is 8. The Hall–Kier alpha value is -3.15. The molecule has 1 aromatic carbocycles. The van der Waals surface area contributed by atoms with Crippen LogP contribution in [0.25, 0.3) is 0 Å². The molecule has 1 saturated heterocycles. The molecule has 1 aliphatic carbocycles. The minimum Gasteiger partial charge on any atom is -0.462 e. The van der Waals surface area contributed by atoms with Gasteiger partial charge < -0.3 is 19.9 Å². The number of esters is 1. The van der Waals surface area contributed by atoms with Crippen molar-refractivity contribution in [3.63, 3.8) is 0 Å². The zero-order chi connectivity index (χ0) is 26.4. The highest BCUT2D eigenvalue weighted by molar-refractivity contribution is 7.17. The first-order valence-corrected chi connectivity index (χ1v) is 13.2. The number of H-pyrrole nitrogens is 1. The summed E-state index contributed by atoms with van der Waals surface area (Å²) < 4.78 is 5.23. The Kier molecular flexibility index (Phi) is 6.86. The number of fused-ring (bicyclic) bond motifs is 1. The molecule has 0 bridgehead atoms. The predicted octanol–water partition coefficient (Wildman–Crippen LogP) is 4.63. The number of non-ortho nitro benzene ring substituents is 1. The van der Waals surface area contributed by atoms with Gasteiger partial charge in [-0.3, -0.25) is 14.9 Å². The van der Waals surface area contributed by atoms with E-state index in [2.05, 4.69) is 15.2 Å². The minimum atomic E-state index is -0.460. The number of anilines is 1. The number of nitro benzene ring substituents is 1. The van der Waals surface area contributed by atoms with Crippen LogP contribution in [0.1, 0.15) is 44.0 Å². The molecule has 13 heteroatoms. The van der Waals surface area contributed by atoms with Gasteiger partial charge in [-0.05, 0) is 19.4 Å². The highest BCUT2D eigenvalue weighted by Gasteiger charge is 2.57. The second-order valence-electron chi connectivity index (χ2n) is 9.08. The lowest BCUT2D eigenvalue weighted by Crippen LogP contribution is -2.34. The van der Waals surface area contributed by atoms with E-state index >= 15 is 0 Å². The first-order valence-electron chi connectivity index (χ1n) is 11.7. The number of nitro groups is 1. The number of hydrogen-bond acceptors (Lipinski definition) is 8. The van der Waals surface area contributed by atoms with Crippen LogP contribution in [0.5, 0.6) is 0 Å². The maximum atomic E-state index is 12.7. The number of piperidine rings is 1. The molecular formula is C24H23Cl2N5O5S. The molecule has 1 saturated carbocycles. The second kappa shape index (κ2) is 9.96. The Labute approximate surface area is 226 Å². The number of aryl methyl sites for hydroxylation is 1. The number of halogens is 2. The van der Waals surface area contributed by atoms with E-state index in [9.17, 15) is 19.7 Å². The van der Waals surface area contributed by atoms with Crippen molar-refractivity contribution < 1.29 is 19.2 Å². The summed E-state index contributed by atoms with van der Waals surface area (Å²) in [6.07, 6.45) is 0.268. The number of carbonyl (C=O) groups excluding carboxylic acids is 2. The Bertz CT molecular complexity index is 1390. The number of ether oxygens (including phenoxy) is 1. The van der Waals surface area contributed by atoms with E-state index in [0.29, 0.717) is 45.1 Å². The van der Waals surface area contributed by atoms with E-state index in [1.807, 2.05) is 0 Å². The van der Waals surface area contributed by atoms with Crippen LogP contribution in [-0.4, -0.2) is 52.5 Å². The van der Waals surface area contributed by atoms with Crippen LogP contribution in [0.2, 0.25) is 10.0 Å². The number of hydrogen-bond donors (Lipinski definition) is 2. The summed E-state index contributed by atoms with van der Waals surface area (Å²) in [4.78, 5) is 46.2. The maximum absolute atomic E-state index is 12.7. The van der Waals surface area contributed by atoms with Gasteiger partial charge in [0.05, 0.1) is 27.3 Å². The van der Waals surface area contributed by atoms with Crippen LogP contribution in [-0.2, 0) is 11.2 Å². The van der Waals surface area contributed by atoms with E-state index in [1.165, 1.54) is 23.5 Å². The third kappa shape index (κ3) is 4.90. The van der Waals surface area contributed by atoms with Crippen LogP contribution < -0.4 is 10.2 Å². The molecule has 2 aromatic heterocycles. The molecule has 1 amide bonds. The standard InChI is InChI=1S/C24H23Cl2N5O5S/c1-3-36-23(33)21-16(8-12-5-4-6-13(7-12)31(34)35)28-24(37-21)30-9-14-15(10-30)19(14)29-22(32)20-18(26)17(25)11(2)27-20/h4-7,14-15,19,27H,3,8-10H2,1-2H3,(H,29,32)/t14-,15+,19+. The average Bonchev–Trinajstić information content (AvgIpc) is 3.22. The van der Waals surface area contributed by atoms with Crippen molar-refractivity contribution in [3.05, 3.63) is 71.9 Å². The summed E-state index contributed by atoms with van der Waals surface area (Å²) >= 11 is 13.5. The van der Waals surface area contributed by atoms with E-state index in [-0.39, 0.29) is 53.2 Å². The van der Waals surface area contributed by atoms with Gasteiger partial charge in [-0.15, -0.1) is 0 Å². The van der Waals surface area contributed by atoms with Crippen molar-refractivity contribution in [2.45, 2.75) is 26.3 Å². The number of nitrogens with one attached hydrogen (secondary N) is 2. The van der Waals surface area contributed by atoms with Crippen LogP contribution in [0.4, 0.5) is 10.8 Å². The first-order chi connectivity index (χ1) is 17.7. The van der Waals surface area contributed by atoms with E-state index in [4.69, 9.17) is 32.9 Å². The highest BCUT2D eigenvalue weighted by Crippen LogP contribution is 2.48. The molecule has 0 unspecified atom stereocenters. The van der Waals surface area contributed by atoms with Crippen molar-refractivity contribution in [1.29, 1.82) is 0 Å². The molecule has 3 aromatic rings. The quantitative estimate of drug-likeness (QED) is 0.232. The molecule has 3 atom stereocenters. The fourth-order valence-electron chi connectivity index (χ4n) is 4.77. The Morgan fingerprint density at radius 3 is 2.65 bits per heavy atom. The monoisotopic (exact) mass is 563 g/mol. The number of aromatic amines is 1. The molecular weight excluding hydrogens is 541 g/mol. The van der Waals surface area contributed by atoms with Gasteiger partial charge >= 0.3 is 5.97 Å². The molecule has 0 spiro atoms. The van der Waals surface area contributed by atoms with Crippen molar-refractivity contribution in [2.75, 3.05) is 24.6 Å². The van der Waals surface area contributed by atoms with Crippen molar-refractivity contribution in [1.82, 2.24) is 15.3 Å². The smallest absolute Gasteiger partial charge is 0.350 e. The number of thiazole rings is 1. The van der Waals surface area contributed by atoms with Gasteiger partial charge in [0.25, 0.3) is 11.6 Å². The lowest BCUT2D eigenvalue weighted by Gasteiger charge is -2.19. The number of benzene rings is 1. The van der Waals surface area contributed by atoms with Crippen LogP contribution >= 0.6 is 34.5 Å². The van der Waals surface area contributed by atoms with E-state index in [0.717, 1.165) is 0 Å². The lowest BCUT2D eigenvalue weighted by molar-refractivity contribution is -0.384. The zero-order valence-corrected chi connectivity index (χ0v) is 22.2. The number of nitrogens with zero attached hydrogens (tertiary/aromatic N) is 3. The zero-order valence-electron chi connectivity index (χ0n) is 19.9. The second-order valence-corrected chi connectivity index (χ2v) is 10.8. The number of aromatic nitrogens is 2. The van der Waals surface area contributed by atoms with Crippen molar-refractivity contribution >= 4 is 57.2 Å². The summed E-state index contributed by atoms with van der Waals surface area (Å²) in [5.74, 6) is -0.240. The molecule has 37 heavy (non-hydrogen) atoms. The predicted molar refractivity (Wildman–Crippen MR) is 140 cm³/mol. The average molecular weight is 564 g/mol. The largest absolute Gasteiger partial charge is 0.462 e. The molecule has 2 N–H and O–H groups in total. The summed E-state index contributed by atoms with van der Waals surface area (Å²) in [6.45, 7) is 5.08. The summed E-state index contributed by atoms with van der Waals surface area (Å²) in [5.41, 5.74) is 2.09. The Balaban J connectivity index is 1.28. The van der Waals surface area contributed by atoms with Gasteiger partial charge in [0.2, 0.25) is 0 Å². The Morgan fingerprint density at radius 1 is 1.30 bits per heavy atom. The topological polar surface area (TPSA) is 130 Å². The third-order valence-electron chi connectivity index (χ3n) is 6.68. The normalized spacial score (nSPS) is 20.0. The molecule has 2 fully saturated rings. The molecule has 1 aliphatic heterocycles. The number of amides is 1. The van der Waals surface area contributed by atoms with Crippen LogP contribution in [0.15, 0.2) is 24.3 Å². The molecule has 10 nitrogen and oxygen atoms in total. The summed E-state index contributed by atoms with van der Waals surface area (Å²) in [6, 6.07) is 6.31. The summed E-state index contributed by atoms with van der Waals surface area (Å²) in [7, 11) is 0. The third-order valence-corrected chi connectivity index (χ3v) is 8.77. The Morgan fingerprint density at radius 2 is 2.03 bits per heavy atom. The van der Waals surface area contributed by atoms with Gasteiger partial charge in [0.15, 0.2) is 5.13 Å². The lowest BCUT2D eigenvalue weighted by atomic mass is 10.1. The van der Waals surface area contributed by atoms with E-state index < -0.39 is 10.9 Å². The molecule has 0 radical (unpaired) electrons. The van der Waals surface area contributed by atoms with Crippen molar-refractivity contribution in [2.24, 2.45) is 11.8 Å². The first kappa shape index (κ1) is 25.5. The molecule has 194 valence electrons. The van der Waals surface area contributed by atoms with Gasteiger partial charge in [-0.25, -0.2) is 9.78 Å². The van der Waals surface area contributed by atoms with E-state index in [1.54, 1.807) is 26.0 Å². The minimum absolute atomic E-state index is 0.0172. The highest BCUT2D eigenvalue weighted by atomic mass is 35.5. The van der Waals surface area contributed by atoms with Gasteiger partial charge in [0.1, 0.15) is 10.6 Å².